The number of aliphatic imine (C=N–C) groups is 1. The normalized spacial score (nSPS) is 19.8. The largest absolute Gasteiger partial charge is 0.377 e. The molecular weight excluding hydrogens is 310 g/mol. The minimum Gasteiger partial charge on any atom is -0.377 e. The lowest BCUT2D eigenvalue weighted by atomic mass is 10.2. The van der Waals surface area contributed by atoms with E-state index >= 15 is 0 Å². The molecule has 2 unspecified atom stereocenters. The van der Waals surface area contributed by atoms with Crippen molar-refractivity contribution in [1.29, 1.82) is 0 Å². The van der Waals surface area contributed by atoms with Gasteiger partial charge >= 0.3 is 0 Å². The smallest absolute Gasteiger partial charge is 0.191 e. The molecule has 130 valence electrons. The summed E-state index contributed by atoms with van der Waals surface area (Å²) in [6.45, 7) is 7.31. The van der Waals surface area contributed by atoms with Crippen LogP contribution in [0.3, 0.4) is 0 Å². The summed E-state index contributed by atoms with van der Waals surface area (Å²) in [5, 5.41) is 6.71. The summed E-state index contributed by atoms with van der Waals surface area (Å²) < 4.78 is 11.2. The van der Waals surface area contributed by atoms with Gasteiger partial charge in [0.2, 0.25) is 0 Å². The Morgan fingerprint density at radius 2 is 2.39 bits per heavy atom. The van der Waals surface area contributed by atoms with Gasteiger partial charge in [0.15, 0.2) is 5.96 Å². The Balaban J connectivity index is 1.58. The van der Waals surface area contributed by atoms with Gasteiger partial charge in [-0.25, -0.2) is 0 Å². The maximum Gasteiger partial charge on any atom is 0.191 e. The Hall–Kier alpha value is -1.11. The zero-order valence-corrected chi connectivity index (χ0v) is 15.2. The molecule has 2 rings (SSSR count). The Labute approximate surface area is 143 Å². The first-order valence-electron chi connectivity index (χ1n) is 8.39. The number of nitrogens with one attached hydrogen (secondary N) is 2. The van der Waals surface area contributed by atoms with Crippen molar-refractivity contribution < 1.29 is 9.47 Å². The number of guanidine groups is 1. The number of hydrogen-bond donors (Lipinski definition) is 2. The van der Waals surface area contributed by atoms with Gasteiger partial charge in [0, 0.05) is 42.4 Å². The molecule has 23 heavy (non-hydrogen) atoms. The molecule has 0 saturated carbocycles. The summed E-state index contributed by atoms with van der Waals surface area (Å²) in [6.07, 6.45) is 3.58. The fourth-order valence-corrected chi connectivity index (χ4v) is 3.63. The molecule has 2 heterocycles. The minimum absolute atomic E-state index is 0.293. The van der Waals surface area contributed by atoms with Gasteiger partial charge in [-0.3, -0.25) is 4.99 Å². The fraction of sp³-hybridized carbons (Fsp3) is 0.706. The predicted octanol–water partition coefficient (Wildman–Crippen LogP) is 2.35. The highest BCUT2D eigenvalue weighted by Crippen LogP contribution is 2.16. The summed E-state index contributed by atoms with van der Waals surface area (Å²) >= 11 is 1.86. The van der Waals surface area contributed by atoms with Crippen molar-refractivity contribution in [2.75, 3.05) is 33.4 Å². The second-order valence-electron chi connectivity index (χ2n) is 5.97. The van der Waals surface area contributed by atoms with Crippen molar-refractivity contribution in [3.63, 3.8) is 0 Å². The maximum atomic E-state index is 5.65. The maximum absolute atomic E-state index is 5.65. The van der Waals surface area contributed by atoms with Gasteiger partial charge in [-0.1, -0.05) is 0 Å². The summed E-state index contributed by atoms with van der Waals surface area (Å²) in [7, 11) is 1.80. The lowest BCUT2D eigenvalue weighted by Gasteiger charge is -2.17. The third-order valence-electron chi connectivity index (χ3n) is 3.78. The van der Waals surface area contributed by atoms with Crippen LogP contribution in [0.15, 0.2) is 17.1 Å². The molecule has 5 nitrogen and oxygen atoms in total. The Kier molecular flexibility index (Phi) is 7.85. The van der Waals surface area contributed by atoms with Crippen LogP contribution in [0.4, 0.5) is 0 Å². The van der Waals surface area contributed by atoms with Crippen LogP contribution in [0.2, 0.25) is 0 Å². The van der Waals surface area contributed by atoms with Gasteiger partial charge in [0.05, 0.1) is 19.3 Å². The highest BCUT2D eigenvalue weighted by molar-refractivity contribution is 7.11. The number of hydrogen-bond acceptors (Lipinski definition) is 4. The van der Waals surface area contributed by atoms with Gasteiger partial charge < -0.3 is 20.1 Å². The van der Waals surface area contributed by atoms with Crippen LogP contribution in [-0.4, -0.2) is 51.5 Å². The fourth-order valence-electron chi connectivity index (χ4n) is 2.61. The quantitative estimate of drug-likeness (QED) is 0.434. The van der Waals surface area contributed by atoms with E-state index in [0.717, 1.165) is 38.4 Å². The average molecular weight is 340 g/mol. The van der Waals surface area contributed by atoms with Gasteiger partial charge in [-0.15, -0.1) is 11.3 Å². The highest BCUT2D eigenvalue weighted by Gasteiger charge is 2.15. The van der Waals surface area contributed by atoms with Crippen LogP contribution in [0.25, 0.3) is 0 Å². The lowest BCUT2D eigenvalue weighted by Crippen LogP contribution is -2.44. The van der Waals surface area contributed by atoms with E-state index < -0.39 is 0 Å². The molecule has 0 aromatic carbocycles. The first-order chi connectivity index (χ1) is 11.2. The molecule has 0 spiro atoms. The van der Waals surface area contributed by atoms with Crippen LogP contribution < -0.4 is 10.6 Å². The molecule has 2 atom stereocenters. The molecule has 0 amide bonds. The van der Waals surface area contributed by atoms with E-state index in [1.54, 1.807) is 7.05 Å². The van der Waals surface area contributed by atoms with Gasteiger partial charge in [0.1, 0.15) is 0 Å². The molecule has 6 heteroatoms. The SMILES string of the molecule is CN=C(NCCOCC1CCCO1)NC(C)Cc1ccc(C)s1. The van der Waals surface area contributed by atoms with Crippen LogP contribution in [0.1, 0.15) is 29.5 Å². The lowest BCUT2D eigenvalue weighted by molar-refractivity contribution is 0.0191. The monoisotopic (exact) mass is 339 g/mol. The topological polar surface area (TPSA) is 54.9 Å². The van der Waals surface area contributed by atoms with E-state index in [1.165, 1.54) is 9.75 Å². The summed E-state index contributed by atoms with van der Waals surface area (Å²) in [4.78, 5) is 7.03. The number of aryl methyl sites for hydroxylation is 1. The number of thiophene rings is 1. The van der Waals surface area contributed by atoms with Crippen molar-refractivity contribution in [2.45, 2.75) is 45.3 Å². The molecule has 1 aromatic heterocycles. The van der Waals surface area contributed by atoms with E-state index in [0.29, 0.717) is 25.4 Å². The zero-order valence-electron chi connectivity index (χ0n) is 14.4. The summed E-state index contributed by atoms with van der Waals surface area (Å²) in [6, 6.07) is 4.71. The molecule has 1 aliphatic rings. The second-order valence-corrected chi connectivity index (χ2v) is 7.34. The third kappa shape index (κ3) is 6.89. The summed E-state index contributed by atoms with van der Waals surface area (Å²) in [5.74, 6) is 0.825. The van der Waals surface area contributed by atoms with E-state index in [9.17, 15) is 0 Å². The molecule has 1 aromatic rings. The average Bonchev–Trinajstić information content (AvgIpc) is 3.17. The second kappa shape index (κ2) is 9.90. The number of rotatable bonds is 8. The van der Waals surface area contributed by atoms with E-state index in [4.69, 9.17) is 9.47 Å². The Morgan fingerprint density at radius 3 is 3.04 bits per heavy atom. The van der Waals surface area contributed by atoms with Crippen molar-refractivity contribution >= 4 is 17.3 Å². The van der Waals surface area contributed by atoms with Crippen LogP contribution in [-0.2, 0) is 15.9 Å². The first kappa shape index (κ1) is 18.2. The molecule has 0 bridgehead atoms. The highest BCUT2D eigenvalue weighted by atomic mass is 32.1. The summed E-state index contributed by atoms with van der Waals surface area (Å²) in [5.41, 5.74) is 0. The molecule has 0 radical (unpaired) electrons. The Bertz CT molecular complexity index is 484. The number of ether oxygens (including phenoxy) is 2. The zero-order chi connectivity index (χ0) is 16.5. The molecule has 1 saturated heterocycles. The van der Waals surface area contributed by atoms with Crippen LogP contribution in [0, 0.1) is 6.92 Å². The van der Waals surface area contributed by atoms with Gasteiger partial charge in [-0.05, 0) is 38.8 Å². The van der Waals surface area contributed by atoms with Gasteiger partial charge in [-0.2, -0.15) is 0 Å². The Morgan fingerprint density at radius 1 is 1.52 bits per heavy atom. The standard InChI is InChI=1S/C17H29N3O2S/c1-13(11-16-7-6-14(2)23-16)20-17(18-3)19-8-10-21-12-15-5-4-9-22-15/h6-7,13,15H,4-5,8-12H2,1-3H3,(H2,18,19,20). The third-order valence-corrected chi connectivity index (χ3v) is 4.80. The minimum atomic E-state index is 0.293. The van der Waals surface area contributed by atoms with E-state index in [2.05, 4.69) is 41.6 Å². The van der Waals surface area contributed by atoms with Crippen LogP contribution >= 0.6 is 11.3 Å². The molecule has 0 aliphatic carbocycles. The van der Waals surface area contributed by atoms with Gasteiger partial charge in [0.25, 0.3) is 0 Å². The molecular formula is C17H29N3O2S. The van der Waals surface area contributed by atoms with Crippen molar-refractivity contribution in [3.8, 4) is 0 Å². The number of nitrogens with zero attached hydrogens (tertiary/aromatic N) is 1. The molecule has 1 aliphatic heterocycles. The van der Waals surface area contributed by atoms with Crippen LogP contribution in [0.5, 0.6) is 0 Å². The van der Waals surface area contributed by atoms with Crippen molar-refractivity contribution in [2.24, 2.45) is 4.99 Å². The van der Waals surface area contributed by atoms with E-state index in [-0.39, 0.29) is 0 Å². The predicted molar refractivity (Wildman–Crippen MR) is 96.5 cm³/mol. The van der Waals surface area contributed by atoms with E-state index in [1.807, 2.05) is 11.3 Å². The molecule has 1 fully saturated rings. The molecule has 2 N–H and O–H groups in total. The van der Waals surface area contributed by atoms with Crippen molar-refractivity contribution in [3.05, 3.63) is 21.9 Å². The van der Waals surface area contributed by atoms with Crippen molar-refractivity contribution in [1.82, 2.24) is 10.6 Å². The first-order valence-corrected chi connectivity index (χ1v) is 9.21.